The van der Waals surface area contributed by atoms with Gasteiger partial charge in [-0.25, -0.2) is 9.07 Å². The first-order valence-corrected chi connectivity index (χ1v) is 11.1. The number of amides is 2. The van der Waals surface area contributed by atoms with Gasteiger partial charge in [0.2, 0.25) is 0 Å². The van der Waals surface area contributed by atoms with Gasteiger partial charge >= 0.3 is 0 Å². The second-order valence-corrected chi connectivity index (χ2v) is 8.56. The molecule has 2 fully saturated rings. The van der Waals surface area contributed by atoms with E-state index in [2.05, 4.69) is 15.7 Å². The third-order valence-corrected chi connectivity index (χ3v) is 6.22. The molecule has 2 amide bonds. The molecule has 0 atom stereocenters. The Balaban J connectivity index is 1.19. The summed E-state index contributed by atoms with van der Waals surface area (Å²) in [6.07, 6.45) is 6.43. The Kier molecular flexibility index (Phi) is 6.93. The summed E-state index contributed by atoms with van der Waals surface area (Å²) in [5.74, 6) is 0.392. The minimum atomic E-state index is -0.324. The van der Waals surface area contributed by atoms with E-state index in [-0.39, 0.29) is 17.6 Å². The minimum absolute atomic E-state index is 0.00671. The number of nitrogens with one attached hydrogen (secondary N) is 4. The molecule has 2 aliphatic rings. The van der Waals surface area contributed by atoms with Gasteiger partial charge in [-0.15, -0.1) is 0 Å². The summed E-state index contributed by atoms with van der Waals surface area (Å²) >= 11 is 0. The van der Waals surface area contributed by atoms with Crippen LogP contribution < -0.4 is 20.4 Å². The van der Waals surface area contributed by atoms with Crippen molar-refractivity contribution in [1.29, 1.82) is 0 Å². The van der Waals surface area contributed by atoms with Crippen LogP contribution in [-0.2, 0) is 9.59 Å². The van der Waals surface area contributed by atoms with E-state index in [0.29, 0.717) is 24.8 Å². The number of aromatic nitrogens is 2. The van der Waals surface area contributed by atoms with Crippen molar-refractivity contribution in [3.8, 4) is 0 Å². The van der Waals surface area contributed by atoms with Gasteiger partial charge < -0.3 is 20.4 Å². The van der Waals surface area contributed by atoms with Gasteiger partial charge in [-0.3, -0.25) is 9.59 Å². The molecule has 1 aromatic carbocycles. The molecular formula is C22H31FN6O2+2. The molecule has 2 heterocycles. The molecule has 1 saturated carbocycles. The summed E-state index contributed by atoms with van der Waals surface area (Å²) in [5, 5.41) is 10.2. The average Bonchev–Trinajstić information content (AvgIpc) is 3.43. The fraction of sp³-hybridized carbons (Fsp3) is 0.500. The molecule has 1 saturated heterocycles. The van der Waals surface area contributed by atoms with E-state index in [1.807, 2.05) is 10.7 Å². The molecule has 4 rings (SSSR count). The lowest BCUT2D eigenvalue weighted by atomic mass is 10.2. The first kappa shape index (κ1) is 21.5. The van der Waals surface area contributed by atoms with Crippen LogP contribution in [0.4, 0.5) is 15.9 Å². The van der Waals surface area contributed by atoms with E-state index in [9.17, 15) is 14.0 Å². The third kappa shape index (κ3) is 5.89. The Hall–Kier alpha value is -2.78. The Labute approximate surface area is 181 Å². The van der Waals surface area contributed by atoms with Crippen LogP contribution >= 0.6 is 0 Å². The Bertz CT molecular complexity index is 886. The number of quaternary nitrogens is 2. The molecule has 4 N–H and O–H groups in total. The molecule has 31 heavy (non-hydrogen) atoms. The van der Waals surface area contributed by atoms with Crippen molar-refractivity contribution in [3.63, 3.8) is 0 Å². The van der Waals surface area contributed by atoms with Gasteiger partial charge in [0.1, 0.15) is 37.8 Å². The maximum absolute atomic E-state index is 13.0. The third-order valence-electron chi connectivity index (χ3n) is 6.22. The Morgan fingerprint density at radius 2 is 1.52 bits per heavy atom. The van der Waals surface area contributed by atoms with Crippen LogP contribution in [0.25, 0.3) is 0 Å². The first-order valence-electron chi connectivity index (χ1n) is 11.1. The summed E-state index contributed by atoms with van der Waals surface area (Å²) in [5.41, 5.74) is 0.601. The monoisotopic (exact) mass is 430 g/mol. The van der Waals surface area contributed by atoms with Crippen LogP contribution in [-0.4, -0.2) is 60.9 Å². The zero-order chi connectivity index (χ0) is 21.6. The Morgan fingerprint density at radius 1 is 0.935 bits per heavy atom. The summed E-state index contributed by atoms with van der Waals surface area (Å²) in [7, 11) is 0. The minimum Gasteiger partial charge on any atom is -0.321 e. The van der Waals surface area contributed by atoms with Gasteiger partial charge in [0, 0.05) is 11.8 Å². The predicted octanol–water partition coefficient (Wildman–Crippen LogP) is -0.502. The zero-order valence-electron chi connectivity index (χ0n) is 17.7. The molecule has 0 unspecified atom stereocenters. The largest absolute Gasteiger partial charge is 0.321 e. The van der Waals surface area contributed by atoms with Crippen LogP contribution in [0.3, 0.4) is 0 Å². The SMILES string of the molecule is O=C(C[NH+]1CC[NH+](CC(=O)Nc2ccnn2C2CCCC2)CC1)Nc1ccc(F)cc1. The second-order valence-electron chi connectivity index (χ2n) is 8.56. The fourth-order valence-corrected chi connectivity index (χ4v) is 4.54. The molecule has 1 aliphatic heterocycles. The summed E-state index contributed by atoms with van der Waals surface area (Å²) < 4.78 is 14.9. The van der Waals surface area contributed by atoms with Gasteiger partial charge in [-0.1, -0.05) is 12.8 Å². The number of piperazine rings is 1. The number of rotatable bonds is 7. The Morgan fingerprint density at radius 3 is 2.13 bits per heavy atom. The van der Waals surface area contributed by atoms with Crippen molar-refractivity contribution in [2.45, 2.75) is 31.7 Å². The first-order chi connectivity index (χ1) is 15.1. The molecule has 0 bridgehead atoms. The number of hydrogen-bond donors (Lipinski definition) is 4. The lowest BCUT2D eigenvalue weighted by molar-refractivity contribution is -1.00. The highest BCUT2D eigenvalue weighted by Crippen LogP contribution is 2.31. The summed E-state index contributed by atoms with van der Waals surface area (Å²) in [6.45, 7) is 4.14. The standard InChI is InChI=1S/C22H29FN6O2/c23-17-5-7-18(8-6-17)25-21(30)15-27-11-13-28(14-12-27)16-22(31)26-20-9-10-24-29(20)19-3-1-2-4-19/h5-10,19H,1-4,11-16H2,(H,25,30)(H,26,31)/p+2. The predicted molar refractivity (Wildman–Crippen MR) is 115 cm³/mol. The second kappa shape index (κ2) is 10.0. The summed E-state index contributed by atoms with van der Waals surface area (Å²) in [4.78, 5) is 27.2. The van der Waals surface area contributed by atoms with Crippen molar-refractivity contribution >= 4 is 23.3 Å². The number of hydrogen-bond acceptors (Lipinski definition) is 3. The van der Waals surface area contributed by atoms with Crippen molar-refractivity contribution in [3.05, 3.63) is 42.3 Å². The number of anilines is 2. The van der Waals surface area contributed by atoms with Crippen molar-refractivity contribution in [2.75, 3.05) is 49.9 Å². The van der Waals surface area contributed by atoms with Gasteiger partial charge in [0.25, 0.3) is 11.8 Å². The number of benzene rings is 1. The number of carbonyl (C=O) groups excluding carboxylic acids is 2. The molecule has 8 nitrogen and oxygen atoms in total. The van der Waals surface area contributed by atoms with Crippen LogP contribution in [0.5, 0.6) is 0 Å². The van der Waals surface area contributed by atoms with Gasteiger partial charge in [-0.05, 0) is 37.1 Å². The average molecular weight is 431 g/mol. The molecular weight excluding hydrogens is 399 g/mol. The topological polar surface area (TPSA) is 84.9 Å². The van der Waals surface area contributed by atoms with Gasteiger partial charge in [-0.2, -0.15) is 5.10 Å². The van der Waals surface area contributed by atoms with Crippen LogP contribution in [0.15, 0.2) is 36.5 Å². The van der Waals surface area contributed by atoms with Crippen molar-refractivity contribution in [1.82, 2.24) is 9.78 Å². The molecule has 0 radical (unpaired) electrons. The fourth-order valence-electron chi connectivity index (χ4n) is 4.54. The molecule has 166 valence electrons. The van der Waals surface area contributed by atoms with E-state index in [1.165, 1.54) is 34.8 Å². The normalized spacial score (nSPS) is 21.7. The van der Waals surface area contributed by atoms with Crippen LogP contribution in [0.2, 0.25) is 0 Å². The van der Waals surface area contributed by atoms with E-state index >= 15 is 0 Å². The highest BCUT2D eigenvalue weighted by Gasteiger charge is 2.27. The van der Waals surface area contributed by atoms with E-state index in [1.54, 1.807) is 18.3 Å². The number of nitrogens with zero attached hydrogens (tertiary/aromatic N) is 2. The van der Waals surface area contributed by atoms with Crippen molar-refractivity contribution in [2.24, 2.45) is 0 Å². The van der Waals surface area contributed by atoms with E-state index < -0.39 is 0 Å². The van der Waals surface area contributed by atoms with Gasteiger partial charge in [0.15, 0.2) is 13.1 Å². The zero-order valence-corrected chi connectivity index (χ0v) is 17.7. The molecule has 1 aliphatic carbocycles. The summed E-state index contributed by atoms with van der Waals surface area (Å²) in [6, 6.07) is 8.04. The highest BCUT2D eigenvalue weighted by molar-refractivity contribution is 5.91. The molecule has 1 aromatic heterocycles. The molecule has 0 spiro atoms. The van der Waals surface area contributed by atoms with Crippen LogP contribution in [0.1, 0.15) is 31.7 Å². The maximum Gasteiger partial charge on any atom is 0.280 e. The smallest absolute Gasteiger partial charge is 0.280 e. The van der Waals surface area contributed by atoms with Crippen molar-refractivity contribution < 1.29 is 23.8 Å². The number of carbonyl (C=O) groups is 2. The number of halogens is 1. The molecule has 9 heteroatoms. The van der Waals surface area contributed by atoms with Crippen LogP contribution in [0, 0.1) is 5.82 Å². The maximum atomic E-state index is 13.0. The van der Waals surface area contributed by atoms with E-state index in [4.69, 9.17) is 0 Å². The van der Waals surface area contributed by atoms with Gasteiger partial charge in [0.05, 0.1) is 12.2 Å². The lowest BCUT2D eigenvalue weighted by Gasteiger charge is -2.29. The van der Waals surface area contributed by atoms with E-state index in [0.717, 1.165) is 44.8 Å². The highest BCUT2D eigenvalue weighted by atomic mass is 19.1. The molecule has 2 aromatic rings. The lowest BCUT2D eigenvalue weighted by Crippen LogP contribution is -3.28. The quantitative estimate of drug-likeness (QED) is 0.478.